The van der Waals surface area contributed by atoms with Crippen molar-refractivity contribution in [2.75, 3.05) is 42.3 Å². The highest BCUT2D eigenvalue weighted by molar-refractivity contribution is 7.87. The van der Waals surface area contributed by atoms with Crippen molar-refractivity contribution in [3.8, 4) is 34.5 Å². The second kappa shape index (κ2) is 16.9. The first-order chi connectivity index (χ1) is 25.1. The molecular formula is C37H44N2O13S. The Hall–Kier alpha value is -5.48. The molecule has 1 unspecified atom stereocenters. The quantitative estimate of drug-likeness (QED) is 0.134. The Morgan fingerprint density at radius 3 is 1.98 bits per heavy atom. The lowest BCUT2D eigenvalue weighted by Crippen LogP contribution is -2.60. The van der Waals surface area contributed by atoms with Gasteiger partial charge in [-0.05, 0) is 65.0 Å². The minimum atomic E-state index is -4.41. The van der Waals surface area contributed by atoms with Crippen molar-refractivity contribution in [1.82, 2.24) is 10.2 Å². The summed E-state index contributed by atoms with van der Waals surface area (Å²) in [5.74, 6) is -0.584. The highest BCUT2D eigenvalue weighted by atomic mass is 32.2. The van der Waals surface area contributed by atoms with Gasteiger partial charge in [-0.15, -0.1) is 0 Å². The Bertz CT molecular complexity index is 2010. The van der Waals surface area contributed by atoms with E-state index in [2.05, 4.69) is 5.32 Å². The summed E-state index contributed by atoms with van der Waals surface area (Å²) in [7, 11) is 2.68. The molecule has 1 aliphatic rings. The number of benzene rings is 3. The van der Waals surface area contributed by atoms with Crippen molar-refractivity contribution in [3.05, 3.63) is 69.9 Å². The van der Waals surface area contributed by atoms with Crippen LogP contribution in [0.2, 0.25) is 0 Å². The van der Waals surface area contributed by atoms with Crippen molar-refractivity contribution in [2.45, 2.75) is 58.1 Å². The molecule has 1 N–H and O–H groups in total. The highest BCUT2D eigenvalue weighted by Gasteiger charge is 2.44. The van der Waals surface area contributed by atoms with Gasteiger partial charge in [0.2, 0.25) is 5.91 Å². The van der Waals surface area contributed by atoms with Crippen LogP contribution in [0.25, 0.3) is 6.08 Å². The Morgan fingerprint density at radius 1 is 0.849 bits per heavy atom. The van der Waals surface area contributed by atoms with Gasteiger partial charge in [-0.1, -0.05) is 17.7 Å². The van der Waals surface area contributed by atoms with Crippen LogP contribution in [0.5, 0.6) is 34.5 Å². The molecule has 16 heteroatoms. The number of hydrogen-bond acceptors (Lipinski definition) is 13. The van der Waals surface area contributed by atoms with Gasteiger partial charge in [0.15, 0.2) is 35.5 Å². The summed E-state index contributed by atoms with van der Waals surface area (Å²) in [5, 5.41) is 2.59. The summed E-state index contributed by atoms with van der Waals surface area (Å²) in [6.45, 7) is 8.11. The lowest BCUT2D eigenvalue weighted by molar-refractivity contribution is -0.140. The first kappa shape index (κ1) is 40.3. The molecular weight excluding hydrogens is 712 g/mol. The lowest BCUT2D eigenvalue weighted by atomic mass is 9.97. The molecule has 286 valence electrons. The van der Waals surface area contributed by atoms with E-state index in [1.165, 1.54) is 59.8 Å². The van der Waals surface area contributed by atoms with Crippen molar-refractivity contribution in [1.29, 1.82) is 0 Å². The molecule has 0 bridgehead atoms. The number of ether oxygens (including phenoxy) is 7. The van der Waals surface area contributed by atoms with Gasteiger partial charge in [0.25, 0.3) is 5.91 Å². The van der Waals surface area contributed by atoms with Gasteiger partial charge in [0.05, 0.1) is 34.5 Å². The van der Waals surface area contributed by atoms with Gasteiger partial charge in [-0.25, -0.2) is 9.69 Å². The molecule has 0 saturated carbocycles. The van der Waals surface area contributed by atoms with Gasteiger partial charge < -0.3 is 42.7 Å². The number of rotatable bonds is 14. The van der Waals surface area contributed by atoms with E-state index in [4.69, 9.17) is 37.3 Å². The van der Waals surface area contributed by atoms with Crippen LogP contribution in [0, 0.1) is 20.8 Å². The molecule has 1 atom stereocenters. The van der Waals surface area contributed by atoms with E-state index in [0.29, 0.717) is 33.3 Å². The molecule has 0 spiro atoms. The minimum Gasteiger partial charge on any atom is -0.493 e. The predicted molar refractivity (Wildman–Crippen MR) is 192 cm³/mol. The molecule has 4 rings (SSSR count). The summed E-state index contributed by atoms with van der Waals surface area (Å²) >= 11 is 0. The van der Waals surface area contributed by atoms with E-state index >= 15 is 0 Å². The van der Waals surface area contributed by atoms with Crippen LogP contribution in [0.1, 0.15) is 41.7 Å². The average Bonchev–Trinajstić information content (AvgIpc) is 3.11. The van der Waals surface area contributed by atoms with Crippen molar-refractivity contribution >= 4 is 34.1 Å². The number of carbonyl (C=O) groups excluding carboxylic acids is 3. The van der Waals surface area contributed by atoms with E-state index < -0.39 is 40.2 Å². The molecule has 15 nitrogen and oxygen atoms in total. The number of carbonyl (C=O) groups is 3. The zero-order valence-electron chi connectivity index (χ0n) is 31.3. The number of nitrogens with one attached hydrogen (secondary N) is 1. The predicted octanol–water partition coefficient (Wildman–Crippen LogP) is 4.85. The normalized spacial score (nSPS) is 15.3. The SMILES string of the molecule is COCOc1c(CC2C(=O)N/C(=C\c3cc(OC)c(OC)c(C)c3OS(=O)(=O)c3ccc(C)cc3)C(=O)N2C(=O)OC(C)C)cc(OC)c(OC)c1C. The molecule has 0 aromatic heterocycles. The van der Waals surface area contributed by atoms with Crippen LogP contribution >= 0.6 is 0 Å². The number of nitrogens with zero attached hydrogens (tertiary/aromatic N) is 1. The van der Waals surface area contributed by atoms with Crippen LogP contribution in [-0.2, 0) is 35.6 Å². The fraction of sp³-hybridized carbons (Fsp3) is 0.378. The van der Waals surface area contributed by atoms with Gasteiger partial charge in [0, 0.05) is 35.8 Å². The van der Waals surface area contributed by atoms with Gasteiger partial charge in [-0.3, -0.25) is 9.59 Å². The number of aryl methyl sites for hydroxylation is 1. The highest BCUT2D eigenvalue weighted by Crippen LogP contribution is 2.43. The summed E-state index contributed by atoms with van der Waals surface area (Å²) in [6, 6.07) is 7.56. The minimum absolute atomic E-state index is 0.0147. The first-order valence-electron chi connectivity index (χ1n) is 16.3. The fourth-order valence-corrected chi connectivity index (χ4v) is 6.73. The summed E-state index contributed by atoms with van der Waals surface area (Å²) in [5.41, 5.74) is 1.60. The zero-order valence-corrected chi connectivity index (χ0v) is 32.1. The maximum atomic E-state index is 14.3. The Morgan fingerprint density at radius 2 is 1.43 bits per heavy atom. The Balaban J connectivity index is 1.87. The molecule has 1 fully saturated rings. The first-order valence-corrected chi connectivity index (χ1v) is 17.7. The Labute approximate surface area is 308 Å². The fourth-order valence-electron chi connectivity index (χ4n) is 5.73. The summed E-state index contributed by atoms with van der Waals surface area (Å²) in [4.78, 5) is 42.5. The summed E-state index contributed by atoms with van der Waals surface area (Å²) in [6.07, 6.45) is -0.780. The second-order valence-electron chi connectivity index (χ2n) is 12.2. The molecule has 3 amide bonds. The molecule has 1 aliphatic heterocycles. The van der Waals surface area contributed by atoms with Crippen molar-refractivity contribution in [2.24, 2.45) is 0 Å². The van der Waals surface area contributed by atoms with E-state index in [9.17, 15) is 22.8 Å². The molecule has 1 heterocycles. The lowest BCUT2D eigenvalue weighted by Gasteiger charge is -2.34. The molecule has 53 heavy (non-hydrogen) atoms. The summed E-state index contributed by atoms with van der Waals surface area (Å²) < 4.78 is 71.1. The molecule has 3 aromatic rings. The maximum Gasteiger partial charge on any atom is 0.417 e. The number of amides is 3. The maximum absolute atomic E-state index is 14.3. The third-order valence-electron chi connectivity index (χ3n) is 8.20. The van der Waals surface area contributed by atoms with E-state index in [0.717, 1.165) is 5.56 Å². The zero-order chi connectivity index (χ0) is 39.2. The molecule has 0 aliphatic carbocycles. The number of methoxy groups -OCH3 is 5. The van der Waals surface area contributed by atoms with E-state index in [1.807, 2.05) is 6.92 Å². The van der Waals surface area contributed by atoms with E-state index in [-0.39, 0.29) is 52.2 Å². The van der Waals surface area contributed by atoms with Crippen LogP contribution in [0.15, 0.2) is 47.0 Å². The largest absolute Gasteiger partial charge is 0.493 e. The van der Waals surface area contributed by atoms with Gasteiger partial charge in [-0.2, -0.15) is 8.42 Å². The Kier molecular flexibility index (Phi) is 12.8. The van der Waals surface area contributed by atoms with Crippen LogP contribution in [0.3, 0.4) is 0 Å². The third kappa shape index (κ3) is 8.60. The number of hydrogen-bond donors (Lipinski definition) is 1. The standard InChI is InChI=1S/C37H44N2O13S/c1-20(2)51-37(42)39-28(16-25-18-30(47-8)33(48-9)22(4)31(25)50-19-45-6)35(40)38-27(36(39)41)15-24-17-29(46-7)34(49-10)23(5)32(24)52-53(43,44)26-13-11-21(3)12-14-26/h11-15,17-18,20,28H,16,19H2,1-10H3,(H,38,40)/b27-15-. The van der Waals surface area contributed by atoms with E-state index in [1.54, 1.807) is 45.9 Å². The number of piperazine rings is 1. The third-order valence-corrected chi connectivity index (χ3v) is 9.43. The van der Waals surface area contributed by atoms with Crippen LogP contribution in [-0.4, -0.2) is 85.7 Å². The van der Waals surface area contributed by atoms with Gasteiger partial charge >= 0.3 is 16.2 Å². The second-order valence-corrected chi connectivity index (χ2v) is 13.7. The molecule has 1 saturated heterocycles. The number of imide groups is 1. The van der Waals surface area contributed by atoms with Crippen molar-refractivity contribution in [3.63, 3.8) is 0 Å². The molecule has 3 aromatic carbocycles. The monoisotopic (exact) mass is 756 g/mol. The van der Waals surface area contributed by atoms with Crippen molar-refractivity contribution < 1.29 is 60.1 Å². The van der Waals surface area contributed by atoms with Crippen LogP contribution in [0.4, 0.5) is 4.79 Å². The topological polar surface area (TPSA) is 174 Å². The smallest absolute Gasteiger partial charge is 0.417 e. The molecule has 0 radical (unpaired) electrons. The van der Waals surface area contributed by atoms with Gasteiger partial charge in [0.1, 0.15) is 22.4 Å². The average molecular weight is 757 g/mol. The van der Waals surface area contributed by atoms with Crippen LogP contribution < -0.4 is 33.2 Å².